The molecule has 44 heavy (non-hydrogen) atoms. The van der Waals surface area contributed by atoms with Crippen molar-refractivity contribution in [3.8, 4) is 0 Å². The van der Waals surface area contributed by atoms with Crippen LogP contribution in [0.1, 0.15) is 36.0 Å². The Bertz CT molecular complexity index is 1340. The Hall–Kier alpha value is -3.88. The van der Waals surface area contributed by atoms with E-state index < -0.39 is 18.0 Å². The van der Waals surface area contributed by atoms with Gasteiger partial charge in [0.15, 0.2) is 0 Å². The SMILES string of the molecule is O=C(C[C@H]1CC=CC[C@@H](Cc2ccccc2)C(=O)OC[C@H](CSCc2ccccc2)NC1=O)N[C@@H](CO)Cc1ccccc1. The van der Waals surface area contributed by atoms with Gasteiger partial charge in [-0.1, -0.05) is 103 Å². The van der Waals surface area contributed by atoms with Gasteiger partial charge in [0.05, 0.1) is 30.5 Å². The van der Waals surface area contributed by atoms with Gasteiger partial charge < -0.3 is 20.5 Å². The second-order valence-corrected chi connectivity index (χ2v) is 12.2. The summed E-state index contributed by atoms with van der Waals surface area (Å²) in [5, 5.41) is 15.9. The normalized spacial score (nSPS) is 20.0. The Balaban J connectivity index is 1.44. The van der Waals surface area contributed by atoms with Gasteiger partial charge in [-0.3, -0.25) is 14.4 Å². The largest absolute Gasteiger partial charge is 0.463 e. The molecule has 3 aromatic carbocycles. The van der Waals surface area contributed by atoms with E-state index >= 15 is 0 Å². The molecule has 7 nitrogen and oxygen atoms in total. The lowest BCUT2D eigenvalue weighted by atomic mass is 9.94. The van der Waals surface area contributed by atoms with Gasteiger partial charge in [0.25, 0.3) is 0 Å². The molecule has 1 aliphatic rings. The Labute approximate surface area is 264 Å². The second-order valence-electron chi connectivity index (χ2n) is 11.2. The lowest BCUT2D eigenvalue weighted by Crippen LogP contribution is -2.46. The molecule has 0 spiro atoms. The van der Waals surface area contributed by atoms with Crippen LogP contribution in [0.15, 0.2) is 103 Å². The van der Waals surface area contributed by atoms with Crippen LogP contribution in [0, 0.1) is 11.8 Å². The molecule has 1 aliphatic heterocycles. The minimum absolute atomic E-state index is 0.0153. The molecule has 0 unspecified atom stereocenters. The van der Waals surface area contributed by atoms with E-state index in [0.717, 1.165) is 16.9 Å². The number of cyclic esters (lactones) is 1. The number of thioether (sulfide) groups is 1. The van der Waals surface area contributed by atoms with Crippen LogP contribution < -0.4 is 10.6 Å². The predicted molar refractivity (Wildman–Crippen MR) is 175 cm³/mol. The minimum Gasteiger partial charge on any atom is -0.463 e. The highest BCUT2D eigenvalue weighted by atomic mass is 32.2. The van der Waals surface area contributed by atoms with E-state index in [0.29, 0.717) is 31.4 Å². The number of benzene rings is 3. The first kappa shape index (κ1) is 33.0. The molecule has 3 aromatic rings. The summed E-state index contributed by atoms with van der Waals surface area (Å²) in [6, 6.07) is 28.7. The molecule has 8 heteroatoms. The van der Waals surface area contributed by atoms with E-state index in [-0.39, 0.29) is 43.3 Å². The summed E-state index contributed by atoms with van der Waals surface area (Å²) in [7, 11) is 0. The van der Waals surface area contributed by atoms with Crippen LogP contribution in [0.5, 0.6) is 0 Å². The summed E-state index contributed by atoms with van der Waals surface area (Å²) < 4.78 is 5.80. The summed E-state index contributed by atoms with van der Waals surface area (Å²) in [4.78, 5) is 39.8. The molecule has 2 amide bonds. The number of ether oxygens (including phenoxy) is 1. The van der Waals surface area contributed by atoms with Crippen LogP contribution >= 0.6 is 11.8 Å². The lowest BCUT2D eigenvalue weighted by Gasteiger charge is -2.24. The van der Waals surface area contributed by atoms with E-state index in [4.69, 9.17) is 4.74 Å². The first-order valence-corrected chi connectivity index (χ1v) is 16.4. The number of esters is 1. The number of hydrogen-bond acceptors (Lipinski definition) is 6. The van der Waals surface area contributed by atoms with Crippen molar-refractivity contribution in [2.24, 2.45) is 11.8 Å². The van der Waals surface area contributed by atoms with Gasteiger partial charge in [-0.15, -0.1) is 0 Å². The van der Waals surface area contributed by atoms with Crippen molar-refractivity contribution in [1.82, 2.24) is 10.6 Å². The van der Waals surface area contributed by atoms with Crippen molar-refractivity contribution < 1.29 is 24.2 Å². The van der Waals surface area contributed by atoms with E-state index in [1.165, 1.54) is 5.56 Å². The molecule has 0 bridgehead atoms. The van der Waals surface area contributed by atoms with Gasteiger partial charge in [-0.2, -0.15) is 11.8 Å². The van der Waals surface area contributed by atoms with Crippen molar-refractivity contribution in [3.05, 3.63) is 120 Å². The highest BCUT2D eigenvalue weighted by Gasteiger charge is 2.27. The zero-order chi connectivity index (χ0) is 31.0. The number of aliphatic hydroxyl groups is 1. The molecule has 232 valence electrons. The maximum absolute atomic E-state index is 13.5. The van der Waals surface area contributed by atoms with Gasteiger partial charge in [0.1, 0.15) is 6.61 Å². The smallest absolute Gasteiger partial charge is 0.309 e. The maximum Gasteiger partial charge on any atom is 0.309 e. The number of carbonyl (C=O) groups is 3. The number of allylic oxidation sites excluding steroid dienone is 2. The summed E-state index contributed by atoms with van der Waals surface area (Å²) in [5.41, 5.74) is 3.24. The second kappa shape index (κ2) is 18.0. The van der Waals surface area contributed by atoms with Gasteiger partial charge in [-0.25, -0.2) is 0 Å². The molecule has 0 fully saturated rings. The van der Waals surface area contributed by atoms with Crippen molar-refractivity contribution in [3.63, 3.8) is 0 Å². The van der Waals surface area contributed by atoms with Gasteiger partial charge in [-0.05, 0) is 42.4 Å². The average Bonchev–Trinajstić information content (AvgIpc) is 3.04. The molecule has 1 heterocycles. The summed E-state index contributed by atoms with van der Waals surface area (Å²) >= 11 is 1.66. The molecule has 4 rings (SSSR count). The fraction of sp³-hybridized carbons (Fsp3) is 0.361. The number of amides is 2. The quantitative estimate of drug-likeness (QED) is 0.198. The monoisotopic (exact) mass is 614 g/mol. The third kappa shape index (κ3) is 11.3. The summed E-state index contributed by atoms with van der Waals surface area (Å²) in [6.07, 6.45) is 5.67. The van der Waals surface area contributed by atoms with E-state index in [1.54, 1.807) is 11.8 Å². The van der Waals surface area contributed by atoms with Crippen LogP contribution in [0.25, 0.3) is 0 Å². The number of hydrogen-bond donors (Lipinski definition) is 3. The molecule has 3 N–H and O–H groups in total. The minimum atomic E-state index is -0.605. The molecular weight excluding hydrogens is 572 g/mol. The molecule has 4 atom stereocenters. The van der Waals surface area contributed by atoms with Gasteiger partial charge in [0, 0.05) is 17.9 Å². The van der Waals surface area contributed by atoms with Gasteiger partial charge >= 0.3 is 5.97 Å². The first-order valence-electron chi connectivity index (χ1n) is 15.2. The number of nitrogens with one attached hydrogen (secondary N) is 2. The Morgan fingerprint density at radius 3 is 2.09 bits per heavy atom. The van der Waals surface area contributed by atoms with Gasteiger partial charge in [0.2, 0.25) is 11.8 Å². The van der Waals surface area contributed by atoms with Crippen LogP contribution in [-0.2, 0) is 37.7 Å². The van der Waals surface area contributed by atoms with Crippen LogP contribution in [0.3, 0.4) is 0 Å². The average molecular weight is 615 g/mol. The van der Waals surface area contributed by atoms with Crippen LogP contribution in [0.2, 0.25) is 0 Å². The highest BCUT2D eigenvalue weighted by molar-refractivity contribution is 7.98. The molecule has 0 saturated heterocycles. The Kier molecular flexibility index (Phi) is 13.5. The fourth-order valence-corrected chi connectivity index (χ4v) is 6.19. The topological polar surface area (TPSA) is 105 Å². The van der Waals surface area contributed by atoms with Crippen molar-refractivity contribution in [2.45, 2.75) is 49.9 Å². The van der Waals surface area contributed by atoms with E-state index in [1.807, 2.05) is 91.0 Å². The zero-order valence-electron chi connectivity index (χ0n) is 25.0. The van der Waals surface area contributed by atoms with Crippen molar-refractivity contribution in [2.75, 3.05) is 19.0 Å². The molecular formula is C36H42N2O5S. The summed E-state index contributed by atoms with van der Waals surface area (Å²) in [6.45, 7) is -0.143. The predicted octanol–water partition coefficient (Wildman–Crippen LogP) is 4.88. The molecule has 0 aliphatic carbocycles. The number of rotatable bonds is 12. The zero-order valence-corrected chi connectivity index (χ0v) is 25.8. The maximum atomic E-state index is 13.5. The van der Waals surface area contributed by atoms with Crippen LogP contribution in [-0.4, -0.2) is 53.9 Å². The number of aliphatic hydroxyl groups excluding tert-OH is 1. The number of carbonyl (C=O) groups excluding carboxylic acids is 3. The lowest BCUT2D eigenvalue weighted by molar-refractivity contribution is -0.149. The Morgan fingerprint density at radius 1 is 0.864 bits per heavy atom. The highest BCUT2D eigenvalue weighted by Crippen LogP contribution is 2.20. The standard InChI is InChI=1S/C36H42N2O5S/c39-23-32(21-28-14-6-2-7-15-28)37-34(40)22-30-18-10-11-19-31(20-27-12-4-1-5-13-27)36(42)43-24-33(38-35(30)41)26-44-25-29-16-8-3-9-17-29/h1-17,30-33,39H,18-26H2,(H,37,40)(H,38,41)/t30-,31+,32-,33-/m1/s1. The van der Waals surface area contributed by atoms with E-state index in [2.05, 4.69) is 22.8 Å². The van der Waals surface area contributed by atoms with Crippen molar-refractivity contribution in [1.29, 1.82) is 0 Å². The first-order chi connectivity index (χ1) is 21.5. The molecule has 0 aromatic heterocycles. The third-order valence-corrected chi connectivity index (χ3v) is 8.76. The third-order valence-electron chi connectivity index (χ3n) is 7.58. The molecule has 0 radical (unpaired) electrons. The molecule has 0 saturated carbocycles. The van der Waals surface area contributed by atoms with E-state index in [9.17, 15) is 19.5 Å². The Morgan fingerprint density at radius 2 is 1.45 bits per heavy atom. The van der Waals surface area contributed by atoms with Crippen LogP contribution in [0.4, 0.5) is 0 Å². The summed E-state index contributed by atoms with van der Waals surface area (Å²) in [5.74, 6) is -0.472. The fourth-order valence-electron chi connectivity index (χ4n) is 5.18. The van der Waals surface area contributed by atoms with Crippen molar-refractivity contribution >= 4 is 29.5 Å².